The molecule has 0 atom stereocenters. The van der Waals surface area contributed by atoms with Gasteiger partial charge >= 0.3 is 0 Å². The lowest BCUT2D eigenvalue weighted by Crippen LogP contribution is -2.32. The summed E-state index contributed by atoms with van der Waals surface area (Å²) in [6, 6.07) is 24.1. The number of rotatable bonds is 5. The van der Waals surface area contributed by atoms with Gasteiger partial charge in [0.15, 0.2) is 5.69 Å². The predicted octanol–water partition coefficient (Wildman–Crippen LogP) is 4.46. The zero-order chi connectivity index (χ0) is 21.3. The number of nitrogens with zero attached hydrogens (tertiary/aromatic N) is 3. The van der Waals surface area contributed by atoms with Gasteiger partial charge in [0.25, 0.3) is 11.5 Å². The topological polar surface area (TPSA) is 61.2 Å². The van der Waals surface area contributed by atoms with Crippen LogP contribution >= 0.6 is 0 Å². The summed E-state index contributed by atoms with van der Waals surface area (Å²) in [5, 5.41) is 11.9. The number of hydrogen-bond donors (Lipinski definition) is 0. The van der Waals surface area contributed by atoms with Crippen molar-refractivity contribution in [2.24, 2.45) is 7.05 Å². The summed E-state index contributed by atoms with van der Waals surface area (Å²) < 4.78 is 9.26. The van der Waals surface area contributed by atoms with Gasteiger partial charge in [-0.25, -0.2) is 9.13 Å². The number of methoxy groups -OCH3 is 1. The molecule has 0 fully saturated rings. The fourth-order valence-corrected chi connectivity index (χ4v) is 4.01. The molecule has 0 saturated carbocycles. The van der Waals surface area contributed by atoms with E-state index in [4.69, 9.17) is 17.4 Å². The molecule has 150 valence electrons. The molecule has 30 heavy (non-hydrogen) atoms. The molecular weight excluding hydrogens is 398 g/mol. The second-order valence-corrected chi connectivity index (χ2v) is 7.13. The van der Waals surface area contributed by atoms with E-state index in [1.54, 1.807) is 19.2 Å². The fourth-order valence-electron chi connectivity index (χ4n) is 3.56. The molecule has 0 amide bonds. The molecule has 1 heterocycles. The normalized spacial score (nSPS) is 10.7. The molecule has 3 aromatic carbocycles. The Morgan fingerprint density at radius 1 is 0.967 bits per heavy atom. The molecule has 0 radical (unpaired) electrons. The van der Waals surface area contributed by atoms with E-state index < -0.39 is 4.92 Å². The van der Waals surface area contributed by atoms with Crippen LogP contribution < -0.4 is 9.30 Å². The van der Waals surface area contributed by atoms with Gasteiger partial charge in [-0.2, -0.15) is 0 Å². The molecule has 0 N–H and O–H groups in total. The first-order valence-corrected chi connectivity index (χ1v) is 9.68. The average molecular weight is 417 g/mol. The highest BCUT2D eigenvalue weighted by Gasteiger charge is 2.27. The molecular formula is C23H19N3O3S. The van der Waals surface area contributed by atoms with E-state index in [1.165, 1.54) is 6.07 Å². The number of para-hydroxylation sites is 1. The van der Waals surface area contributed by atoms with Crippen LogP contribution in [0.1, 0.15) is 0 Å². The maximum atomic E-state index is 11.3. The second-order valence-electron chi connectivity index (χ2n) is 6.74. The first-order chi connectivity index (χ1) is 14.5. The van der Waals surface area contributed by atoms with E-state index in [9.17, 15) is 10.1 Å². The molecule has 0 aliphatic rings. The van der Waals surface area contributed by atoms with Gasteiger partial charge in [0.05, 0.1) is 24.6 Å². The Labute approximate surface area is 179 Å². The average Bonchev–Trinajstić information content (AvgIpc) is 3.04. The van der Waals surface area contributed by atoms with Gasteiger partial charge in [0.2, 0.25) is 0 Å². The summed E-state index contributed by atoms with van der Waals surface area (Å²) in [4.78, 5) is 10.9. The van der Waals surface area contributed by atoms with Gasteiger partial charge < -0.3 is 17.4 Å². The van der Waals surface area contributed by atoms with Crippen molar-refractivity contribution in [3.05, 3.63) is 89.0 Å². The zero-order valence-corrected chi connectivity index (χ0v) is 17.3. The lowest BCUT2D eigenvalue weighted by atomic mass is 10.1. The summed E-state index contributed by atoms with van der Waals surface area (Å²) in [5.74, 6) is 1.63. The number of ether oxygens (including phenoxy) is 1. The van der Waals surface area contributed by atoms with Crippen LogP contribution in [0, 0.1) is 10.1 Å². The van der Waals surface area contributed by atoms with E-state index in [-0.39, 0.29) is 5.69 Å². The van der Waals surface area contributed by atoms with Crippen LogP contribution in [0.5, 0.6) is 5.75 Å². The lowest BCUT2D eigenvalue weighted by molar-refractivity contribution is -0.649. The lowest BCUT2D eigenvalue weighted by Gasteiger charge is -2.09. The number of imidazole rings is 1. The summed E-state index contributed by atoms with van der Waals surface area (Å²) in [6.45, 7) is 0. The summed E-state index contributed by atoms with van der Waals surface area (Å²) in [6.07, 6.45) is 0. The molecule has 0 aliphatic carbocycles. The number of nitro benzene ring substituents is 1. The molecule has 1 aromatic heterocycles. The Hall–Kier alpha value is -3.71. The highest BCUT2D eigenvalue weighted by Crippen LogP contribution is 2.32. The van der Waals surface area contributed by atoms with Crippen LogP contribution in [0.15, 0.2) is 83.9 Å². The van der Waals surface area contributed by atoms with E-state index >= 15 is 0 Å². The summed E-state index contributed by atoms with van der Waals surface area (Å²) >= 11 is 5.87. The van der Waals surface area contributed by atoms with Crippen LogP contribution in [-0.2, 0) is 19.7 Å². The van der Waals surface area contributed by atoms with Crippen molar-refractivity contribution in [1.82, 2.24) is 4.57 Å². The smallest absolute Gasteiger partial charge is 0.292 e. The SMILES string of the molecule is COc1ccc(-c2n(-c3ccccc3)c([S-])c(-c3cccc([N+](=O)[O-])c3)[n+]2C)cc1. The molecule has 0 spiro atoms. The largest absolute Gasteiger partial charge is 0.733 e. The van der Waals surface area contributed by atoms with Crippen LogP contribution in [0.2, 0.25) is 0 Å². The summed E-state index contributed by atoms with van der Waals surface area (Å²) in [5.41, 5.74) is 3.33. The quantitative estimate of drug-likeness (QED) is 0.208. The standard InChI is InChI=1S/C23H19N3O3S/c1-24-21(17-7-6-10-19(15-17)26(27)28)23(30)25(18-8-4-3-5-9-18)22(24)16-11-13-20(29-2)14-12-16/h3-15H,1-2H3. The number of hydrogen-bond acceptors (Lipinski definition) is 4. The van der Waals surface area contributed by atoms with E-state index in [1.807, 2.05) is 76.8 Å². The minimum absolute atomic E-state index is 0.0281. The van der Waals surface area contributed by atoms with Gasteiger partial charge in [0.1, 0.15) is 11.4 Å². The van der Waals surface area contributed by atoms with Crippen molar-refractivity contribution in [2.75, 3.05) is 7.11 Å². The predicted molar refractivity (Wildman–Crippen MR) is 117 cm³/mol. The first kappa shape index (κ1) is 19.6. The van der Waals surface area contributed by atoms with Crippen molar-refractivity contribution >= 4 is 18.3 Å². The van der Waals surface area contributed by atoms with E-state index in [0.717, 1.165) is 28.5 Å². The summed E-state index contributed by atoms with van der Waals surface area (Å²) in [7, 11) is 3.55. The Morgan fingerprint density at radius 2 is 1.67 bits per heavy atom. The third kappa shape index (κ3) is 3.40. The molecule has 0 unspecified atom stereocenters. The van der Waals surface area contributed by atoms with E-state index in [0.29, 0.717) is 10.6 Å². The Bertz CT molecular complexity index is 1220. The maximum Gasteiger partial charge on any atom is 0.292 e. The highest BCUT2D eigenvalue weighted by molar-refractivity contribution is 7.58. The Balaban J connectivity index is 2.00. The Kier molecular flexibility index (Phi) is 5.20. The number of aromatic nitrogens is 2. The van der Waals surface area contributed by atoms with Crippen LogP contribution in [0.25, 0.3) is 28.3 Å². The third-order valence-electron chi connectivity index (χ3n) is 4.96. The molecule has 0 bridgehead atoms. The fraction of sp³-hybridized carbons (Fsp3) is 0.0870. The van der Waals surface area contributed by atoms with Gasteiger partial charge in [-0.15, -0.1) is 0 Å². The maximum absolute atomic E-state index is 11.3. The van der Waals surface area contributed by atoms with Gasteiger partial charge in [0, 0.05) is 22.7 Å². The Morgan fingerprint density at radius 3 is 2.30 bits per heavy atom. The molecule has 7 heteroatoms. The third-order valence-corrected chi connectivity index (χ3v) is 5.34. The van der Waals surface area contributed by atoms with Crippen LogP contribution in [0.3, 0.4) is 0 Å². The highest BCUT2D eigenvalue weighted by atomic mass is 32.1. The molecule has 4 rings (SSSR count). The van der Waals surface area contributed by atoms with Crippen molar-refractivity contribution in [3.8, 4) is 34.1 Å². The number of nitro groups is 1. The van der Waals surface area contributed by atoms with E-state index in [2.05, 4.69) is 0 Å². The monoisotopic (exact) mass is 417 g/mol. The van der Waals surface area contributed by atoms with Gasteiger partial charge in [-0.1, -0.05) is 30.3 Å². The molecule has 0 saturated heterocycles. The molecule has 6 nitrogen and oxygen atoms in total. The molecule has 4 aromatic rings. The molecule has 0 aliphatic heterocycles. The number of non-ortho nitro benzene ring substituents is 1. The van der Waals surface area contributed by atoms with Gasteiger partial charge in [-0.05, 0) is 36.4 Å². The van der Waals surface area contributed by atoms with Crippen molar-refractivity contribution in [2.45, 2.75) is 5.03 Å². The first-order valence-electron chi connectivity index (χ1n) is 9.27. The minimum Gasteiger partial charge on any atom is -0.733 e. The minimum atomic E-state index is -0.398. The number of benzene rings is 3. The van der Waals surface area contributed by atoms with Crippen LogP contribution in [0.4, 0.5) is 5.69 Å². The van der Waals surface area contributed by atoms with Crippen molar-refractivity contribution in [1.29, 1.82) is 0 Å². The zero-order valence-electron chi connectivity index (χ0n) is 16.5. The van der Waals surface area contributed by atoms with Crippen molar-refractivity contribution < 1.29 is 14.2 Å². The second kappa shape index (κ2) is 7.96. The van der Waals surface area contributed by atoms with Crippen molar-refractivity contribution in [3.63, 3.8) is 0 Å². The van der Waals surface area contributed by atoms with Crippen LogP contribution in [-0.4, -0.2) is 16.6 Å². The van der Waals surface area contributed by atoms with Gasteiger partial charge in [-0.3, -0.25) is 10.1 Å².